The highest BCUT2D eigenvalue weighted by atomic mass is 16.5. The van der Waals surface area contributed by atoms with Crippen LogP contribution in [0.3, 0.4) is 0 Å². The summed E-state index contributed by atoms with van der Waals surface area (Å²) in [5, 5.41) is 10.7. The van der Waals surface area contributed by atoms with Gasteiger partial charge in [-0.2, -0.15) is 0 Å². The number of hydrogen-bond donors (Lipinski definition) is 2. The molecular formula is C20H29NO2. The second kappa shape index (κ2) is 5.86. The maximum atomic E-state index is 10.7. The quantitative estimate of drug-likeness (QED) is 0.624. The molecule has 3 rings (SSSR count). The van der Waals surface area contributed by atoms with Crippen molar-refractivity contribution in [3.05, 3.63) is 29.3 Å². The van der Waals surface area contributed by atoms with Crippen LogP contribution in [0.15, 0.2) is 18.2 Å². The molecule has 0 bridgehead atoms. The van der Waals surface area contributed by atoms with Gasteiger partial charge in [0.2, 0.25) is 0 Å². The molecule has 1 heterocycles. The van der Waals surface area contributed by atoms with Crippen LogP contribution < -0.4 is 10.5 Å². The molecule has 2 atom stereocenters. The van der Waals surface area contributed by atoms with E-state index in [1.165, 1.54) is 31.2 Å². The van der Waals surface area contributed by atoms with Crippen LogP contribution in [0.25, 0.3) is 5.57 Å². The first kappa shape index (κ1) is 16.4. The smallest absolute Gasteiger partial charge is 0.127 e. The van der Waals surface area contributed by atoms with Crippen molar-refractivity contribution in [2.75, 3.05) is 12.3 Å². The minimum Gasteiger partial charge on any atom is -0.490 e. The van der Waals surface area contributed by atoms with Gasteiger partial charge in [-0.05, 0) is 48.4 Å². The Morgan fingerprint density at radius 3 is 2.74 bits per heavy atom. The lowest BCUT2D eigenvalue weighted by Crippen LogP contribution is -2.41. The fourth-order valence-corrected chi connectivity index (χ4v) is 4.12. The van der Waals surface area contributed by atoms with Crippen molar-refractivity contribution in [2.45, 2.75) is 70.3 Å². The van der Waals surface area contributed by atoms with E-state index in [0.717, 1.165) is 35.4 Å². The summed E-state index contributed by atoms with van der Waals surface area (Å²) in [5.74, 6) is 0.867. The molecule has 2 unspecified atom stereocenters. The van der Waals surface area contributed by atoms with Crippen LogP contribution in [0.2, 0.25) is 0 Å². The molecular weight excluding hydrogens is 286 g/mol. The Labute approximate surface area is 139 Å². The van der Waals surface area contributed by atoms with Crippen molar-refractivity contribution in [1.82, 2.24) is 0 Å². The number of aliphatic hydroxyl groups is 1. The van der Waals surface area contributed by atoms with Gasteiger partial charge in [0, 0.05) is 11.3 Å². The Hall–Kier alpha value is -1.48. The van der Waals surface area contributed by atoms with E-state index in [0.29, 0.717) is 6.61 Å². The predicted molar refractivity (Wildman–Crippen MR) is 95.7 cm³/mol. The van der Waals surface area contributed by atoms with Gasteiger partial charge in [-0.1, -0.05) is 45.6 Å². The zero-order valence-corrected chi connectivity index (χ0v) is 14.6. The molecule has 3 heteroatoms. The second-order valence-electron chi connectivity index (χ2n) is 7.66. The van der Waals surface area contributed by atoms with Gasteiger partial charge >= 0.3 is 0 Å². The highest BCUT2D eigenvalue weighted by Gasteiger charge is 2.43. The number of allylic oxidation sites excluding steroid dienone is 1. The van der Waals surface area contributed by atoms with Gasteiger partial charge in [0.15, 0.2) is 0 Å². The van der Waals surface area contributed by atoms with Crippen LogP contribution in [-0.4, -0.2) is 17.3 Å². The summed E-state index contributed by atoms with van der Waals surface area (Å²) in [6.45, 7) is 6.69. The van der Waals surface area contributed by atoms with Crippen molar-refractivity contribution < 1.29 is 9.84 Å². The highest BCUT2D eigenvalue weighted by molar-refractivity contribution is 5.85. The molecule has 0 amide bonds. The summed E-state index contributed by atoms with van der Waals surface area (Å²) in [7, 11) is 0. The van der Waals surface area contributed by atoms with Gasteiger partial charge in [-0.25, -0.2) is 0 Å². The average molecular weight is 315 g/mol. The number of rotatable bonds is 5. The highest BCUT2D eigenvalue weighted by Crippen LogP contribution is 2.52. The second-order valence-corrected chi connectivity index (χ2v) is 7.66. The molecule has 0 spiro atoms. The van der Waals surface area contributed by atoms with E-state index in [2.05, 4.69) is 19.9 Å². The molecule has 0 saturated heterocycles. The standard InChI is InChI=1S/C20H29NO2/c1-4-5-6-7-11-19(2)12-10-14-17-16(23-13-20(14,3)22)9-8-15(21)18(17)19/h8-10,22H,4-7,11-13,21H2,1-3H3. The van der Waals surface area contributed by atoms with E-state index in [-0.39, 0.29) is 5.41 Å². The number of nitrogens with two attached hydrogens (primary N) is 1. The molecule has 126 valence electrons. The number of hydrogen-bond acceptors (Lipinski definition) is 3. The van der Waals surface area contributed by atoms with Gasteiger partial charge in [-0.15, -0.1) is 0 Å². The van der Waals surface area contributed by atoms with E-state index in [1.54, 1.807) is 0 Å². The van der Waals surface area contributed by atoms with Gasteiger partial charge in [0.25, 0.3) is 0 Å². The molecule has 0 saturated carbocycles. The molecule has 0 radical (unpaired) electrons. The van der Waals surface area contributed by atoms with E-state index in [1.807, 2.05) is 19.1 Å². The molecule has 3 nitrogen and oxygen atoms in total. The summed E-state index contributed by atoms with van der Waals surface area (Å²) < 4.78 is 5.83. The van der Waals surface area contributed by atoms with E-state index >= 15 is 0 Å². The first-order valence-electron chi connectivity index (χ1n) is 8.88. The molecule has 3 N–H and O–H groups in total. The minimum atomic E-state index is -0.931. The van der Waals surface area contributed by atoms with Crippen LogP contribution in [-0.2, 0) is 5.41 Å². The third-order valence-electron chi connectivity index (χ3n) is 5.50. The van der Waals surface area contributed by atoms with Gasteiger partial charge in [0.1, 0.15) is 18.0 Å². The zero-order chi connectivity index (χ0) is 16.7. The van der Waals surface area contributed by atoms with Crippen molar-refractivity contribution in [2.24, 2.45) is 0 Å². The molecule has 1 aromatic rings. The maximum absolute atomic E-state index is 10.7. The Morgan fingerprint density at radius 1 is 1.22 bits per heavy atom. The first-order chi connectivity index (χ1) is 10.9. The number of nitrogen functional groups attached to an aromatic ring is 1. The summed E-state index contributed by atoms with van der Waals surface area (Å²) in [5.41, 5.74) is 9.53. The summed E-state index contributed by atoms with van der Waals surface area (Å²) >= 11 is 0. The fourth-order valence-electron chi connectivity index (χ4n) is 4.12. The van der Waals surface area contributed by atoms with E-state index < -0.39 is 5.60 Å². The van der Waals surface area contributed by atoms with Gasteiger partial charge < -0.3 is 15.6 Å². The monoisotopic (exact) mass is 315 g/mol. The fraction of sp³-hybridized carbons (Fsp3) is 0.600. The normalized spacial score (nSPS) is 28.8. The van der Waals surface area contributed by atoms with Crippen molar-refractivity contribution in [3.8, 4) is 5.75 Å². The van der Waals surface area contributed by atoms with Crippen LogP contribution in [0.1, 0.15) is 70.4 Å². The summed E-state index contributed by atoms with van der Waals surface area (Å²) in [6.07, 6.45) is 9.30. The topological polar surface area (TPSA) is 55.5 Å². The Bertz CT molecular complexity index is 633. The van der Waals surface area contributed by atoms with Gasteiger partial charge in [-0.3, -0.25) is 0 Å². The SMILES string of the molecule is CCCCCCC1(C)CC=C2c3c(ccc(N)c31)OCC2(C)O. The van der Waals surface area contributed by atoms with Crippen LogP contribution >= 0.6 is 0 Å². The van der Waals surface area contributed by atoms with Gasteiger partial charge in [0.05, 0.1) is 0 Å². The average Bonchev–Trinajstić information content (AvgIpc) is 2.50. The lowest BCUT2D eigenvalue weighted by atomic mass is 9.66. The molecule has 2 aliphatic rings. The Kier molecular flexibility index (Phi) is 4.18. The molecule has 23 heavy (non-hydrogen) atoms. The third-order valence-corrected chi connectivity index (χ3v) is 5.50. The largest absolute Gasteiger partial charge is 0.490 e. The number of unbranched alkanes of at least 4 members (excludes halogenated alkanes) is 3. The molecule has 0 aromatic heterocycles. The number of benzene rings is 1. The minimum absolute atomic E-state index is 0.0312. The molecule has 1 aliphatic carbocycles. The summed E-state index contributed by atoms with van der Waals surface area (Å²) in [6, 6.07) is 3.90. The predicted octanol–water partition coefficient (Wildman–Crippen LogP) is 4.43. The van der Waals surface area contributed by atoms with Crippen molar-refractivity contribution >= 4 is 11.3 Å². The van der Waals surface area contributed by atoms with E-state index in [9.17, 15) is 5.11 Å². The third kappa shape index (κ3) is 2.76. The number of ether oxygens (including phenoxy) is 1. The first-order valence-corrected chi connectivity index (χ1v) is 8.88. The van der Waals surface area contributed by atoms with Crippen molar-refractivity contribution in [3.63, 3.8) is 0 Å². The maximum Gasteiger partial charge on any atom is 0.127 e. The molecule has 0 fully saturated rings. The van der Waals surface area contributed by atoms with Crippen LogP contribution in [0.5, 0.6) is 5.75 Å². The zero-order valence-electron chi connectivity index (χ0n) is 14.6. The van der Waals surface area contributed by atoms with Crippen LogP contribution in [0, 0.1) is 0 Å². The molecule has 1 aromatic carbocycles. The lowest BCUT2D eigenvalue weighted by Gasteiger charge is -2.43. The number of anilines is 1. The lowest BCUT2D eigenvalue weighted by molar-refractivity contribution is 0.0540. The van der Waals surface area contributed by atoms with Crippen LogP contribution in [0.4, 0.5) is 5.69 Å². The van der Waals surface area contributed by atoms with E-state index in [4.69, 9.17) is 10.5 Å². The summed E-state index contributed by atoms with van der Waals surface area (Å²) in [4.78, 5) is 0. The Balaban J connectivity index is 2.01. The molecule has 1 aliphatic heterocycles. The van der Waals surface area contributed by atoms with Crippen molar-refractivity contribution in [1.29, 1.82) is 0 Å². The Morgan fingerprint density at radius 2 is 2.00 bits per heavy atom.